The predicted molar refractivity (Wildman–Crippen MR) is 133 cm³/mol. The van der Waals surface area contributed by atoms with E-state index in [9.17, 15) is 14.0 Å². The molecule has 0 saturated carbocycles. The highest BCUT2D eigenvalue weighted by Crippen LogP contribution is 2.49. The highest BCUT2D eigenvalue weighted by atomic mass is 32.2. The summed E-state index contributed by atoms with van der Waals surface area (Å²) in [4.78, 5) is 28.5. The molecule has 1 N–H and O–H groups in total. The van der Waals surface area contributed by atoms with Gasteiger partial charge in [0.1, 0.15) is 12.4 Å². The summed E-state index contributed by atoms with van der Waals surface area (Å²) in [5.41, 5.74) is 1.95. The highest BCUT2D eigenvalue weighted by molar-refractivity contribution is 7.99. The number of fused-ring (bicyclic) bond motifs is 1. The molecule has 0 saturated heterocycles. The number of benzene rings is 3. The van der Waals surface area contributed by atoms with Crippen molar-refractivity contribution in [3.8, 4) is 17.2 Å². The zero-order chi connectivity index (χ0) is 24.9. The van der Waals surface area contributed by atoms with Gasteiger partial charge in [0.05, 0.1) is 27.0 Å². The van der Waals surface area contributed by atoms with E-state index in [0.29, 0.717) is 28.6 Å². The average Bonchev–Trinajstić information content (AvgIpc) is 3.00. The van der Waals surface area contributed by atoms with E-state index in [4.69, 9.17) is 14.2 Å². The maximum Gasteiger partial charge on any atom is 0.244 e. The highest BCUT2D eigenvalue weighted by Gasteiger charge is 2.31. The number of thioether (sulfide) groups is 1. The van der Waals surface area contributed by atoms with Crippen LogP contribution in [0.25, 0.3) is 0 Å². The summed E-state index contributed by atoms with van der Waals surface area (Å²) in [5, 5.41) is 2.47. The van der Waals surface area contributed by atoms with Gasteiger partial charge >= 0.3 is 0 Å². The second-order valence-electron chi connectivity index (χ2n) is 7.77. The van der Waals surface area contributed by atoms with Gasteiger partial charge in [-0.2, -0.15) is 0 Å². The summed E-state index contributed by atoms with van der Waals surface area (Å²) in [6.45, 7) is -0.171. The lowest BCUT2D eigenvalue weighted by molar-refractivity contribution is -0.121. The Morgan fingerprint density at radius 1 is 1.03 bits per heavy atom. The second-order valence-corrected chi connectivity index (χ2v) is 9.02. The number of nitrogens with zero attached hydrogens (tertiary/aromatic N) is 1. The number of hydrogen-bond acceptors (Lipinski definition) is 6. The van der Waals surface area contributed by atoms with Gasteiger partial charge in [0.2, 0.25) is 17.6 Å². The summed E-state index contributed by atoms with van der Waals surface area (Å²) in [6.07, 6.45) is 0.155. The van der Waals surface area contributed by atoms with Gasteiger partial charge < -0.3 is 24.4 Å². The zero-order valence-corrected chi connectivity index (χ0v) is 20.4. The molecule has 0 fully saturated rings. The molecule has 4 rings (SSSR count). The van der Waals surface area contributed by atoms with Crippen molar-refractivity contribution in [1.82, 2.24) is 0 Å². The molecule has 0 radical (unpaired) electrons. The first kappa shape index (κ1) is 24.4. The molecule has 9 heteroatoms. The Bertz CT molecular complexity index is 1210. The Kier molecular flexibility index (Phi) is 7.45. The third kappa shape index (κ3) is 5.35. The second kappa shape index (κ2) is 10.7. The number of methoxy groups -OCH3 is 3. The van der Waals surface area contributed by atoms with Crippen LogP contribution in [-0.4, -0.2) is 39.7 Å². The van der Waals surface area contributed by atoms with Crippen molar-refractivity contribution in [3.63, 3.8) is 0 Å². The number of carbonyl (C=O) groups excluding carboxylic acids is 2. The molecule has 7 nitrogen and oxygen atoms in total. The molecule has 0 spiro atoms. The van der Waals surface area contributed by atoms with Crippen LogP contribution in [0, 0.1) is 5.82 Å². The van der Waals surface area contributed by atoms with Crippen molar-refractivity contribution in [2.24, 2.45) is 0 Å². The van der Waals surface area contributed by atoms with Crippen molar-refractivity contribution in [1.29, 1.82) is 0 Å². The van der Waals surface area contributed by atoms with Gasteiger partial charge in [-0.15, -0.1) is 11.8 Å². The fourth-order valence-corrected chi connectivity index (χ4v) is 5.16. The van der Waals surface area contributed by atoms with E-state index in [1.807, 2.05) is 36.4 Å². The van der Waals surface area contributed by atoms with Gasteiger partial charge in [0, 0.05) is 22.3 Å². The van der Waals surface area contributed by atoms with Gasteiger partial charge in [-0.05, 0) is 54.1 Å². The number of anilines is 2. The maximum absolute atomic E-state index is 13.4. The van der Waals surface area contributed by atoms with Crippen LogP contribution in [0.5, 0.6) is 17.2 Å². The van der Waals surface area contributed by atoms with Gasteiger partial charge in [0.15, 0.2) is 11.5 Å². The molecule has 3 aromatic rings. The number of carbonyl (C=O) groups is 2. The Balaban J connectivity index is 1.63. The number of para-hydroxylation sites is 1. The Labute approximate surface area is 207 Å². The standard InChI is InChI=1S/C26H25FN2O5S/c1-32-20-12-16(13-21(33-2)26(20)34-3)23-14-25(31)29(19-6-4-5-7-22(19)35-23)15-24(30)28-18-10-8-17(27)9-11-18/h4-13,23H,14-15H2,1-3H3,(H,28,30)/t23-/m1/s1. The van der Waals surface area contributed by atoms with E-state index in [1.165, 1.54) is 48.0 Å². The number of hydrogen-bond donors (Lipinski definition) is 1. The third-order valence-electron chi connectivity index (χ3n) is 5.57. The Hall–Kier alpha value is -3.72. The molecule has 2 amide bonds. The fraction of sp³-hybridized carbons (Fsp3) is 0.231. The summed E-state index contributed by atoms with van der Waals surface area (Å²) < 4.78 is 29.6. The van der Waals surface area contributed by atoms with Crippen LogP contribution < -0.4 is 24.4 Å². The third-order valence-corrected chi connectivity index (χ3v) is 6.90. The molecule has 3 aromatic carbocycles. The number of nitrogens with one attached hydrogen (secondary N) is 1. The van der Waals surface area contributed by atoms with Gasteiger partial charge in [-0.3, -0.25) is 9.59 Å². The van der Waals surface area contributed by atoms with Gasteiger partial charge in [-0.1, -0.05) is 12.1 Å². The van der Waals surface area contributed by atoms with Gasteiger partial charge in [0.25, 0.3) is 0 Å². The van der Waals surface area contributed by atoms with E-state index in [2.05, 4.69) is 5.32 Å². The molecule has 182 valence electrons. The van der Waals surface area contributed by atoms with Gasteiger partial charge in [-0.25, -0.2) is 4.39 Å². The molecule has 1 heterocycles. The van der Waals surface area contributed by atoms with Crippen molar-refractivity contribution >= 4 is 35.0 Å². The first-order valence-corrected chi connectivity index (χ1v) is 11.7. The lowest BCUT2D eigenvalue weighted by atomic mass is 10.1. The Morgan fingerprint density at radius 3 is 2.31 bits per heavy atom. The number of amides is 2. The number of halogens is 1. The van der Waals surface area contributed by atoms with E-state index < -0.39 is 5.82 Å². The molecular formula is C26H25FN2O5S. The topological polar surface area (TPSA) is 77.1 Å². The quantitative estimate of drug-likeness (QED) is 0.493. The summed E-state index contributed by atoms with van der Waals surface area (Å²) >= 11 is 1.54. The molecule has 1 aliphatic rings. The minimum atomic E-state index is -0.394. The number of ether oxygens (including phenoxy) is 3. The van der Waals surface area contributed by atoms with Crippen LogP contribution in [0.1, 0.15) is 17.2 Å². The van der Waals surface area contributed by atoms with Crippen LogP contribution in [0.2, 0.25) is 0 Å². The molecular weight excluding hydrogens is 471 g/mol. The first-order valence-electron chi connectivity index (χ1n) is 10.8. The molecule has 35 heavy (non-hydrogen) atoms. The lowest BCUT2D eigenvalue weighted by Crippen LogP contribution is -2.38. The van der Waals surface area contributed by atoms with Crippen molar-refractivity contribution < 1.29 is 28.2 Å². The average molecular weight is 497 g/mol. The SMILES string of the molecule is COc1cc([C@H]2CC(=O)N(CC(=O)Nc3ccc(F)cc3)c3ccccc3S2)cc(OC)c1OC. The van der Waals surface area contributed by atoms with Crippen molar-refractivity contribution in [3.05, 3.63) is 72.0 Å². The monoisotopic (exact) mass is 496 g/mol. The summed E-state index contributed by atoms with van der Waals surface area (Å²) in [7, 11) is 4.63. The van der Waals surface area contributed by atoms with E-state index in [-0.39, 0.29) is 30.0 Å². The summed E-state index contributed by atoms with van der Waals surface area (Å²) in [6, 6.07) is 16.6. The zero-order valence-electron chi connectivity index (χ0n) is 19.5. The van der Waals surface area contributed by atoms with Crippen molar-refractivity contribution in [2.45, 2.75) is 16.6 Å². The Morgan fingerprint density at radius 2 is 1.69 bits per heavy atom. The normalized spacial score (nSPS) is 15.1. The largest absolute Gasteiger partial charge is 0.493 e. The first-order chi connectivity index (χ1) is 16.9. The van der Waals surface area contributed by atoms with E-state index >= 15 is 0 Å². The van der Waals surface area contributed by atoms with Crippen LogP contribution >= 0.6 is 11.8 Å². The summed E-state index contributed by atoms with van der Waals surface area (Å²) in [5.74, 6) is 0.509. The molecule has 1 aliphatic heterocycles. The van der Waals surface area contributed by atoms with E-state index in [0.717, 1.165) is 10.5 Å². The predicted octanol–water partition coefficient (Wildman–Crippen LogP) is 5.06. The van der Waals surface area contributed by atoms with Crippen LogP contribution in [0.3, 0.4) is 0 Å². The van der Waals surface area contributed by atoms with Crippen LogP contribution in [-0.2, 0) is 9.59 Å². The van der Waals surface area contributed by atoms with Crippen LogP contribution in [0.15, 0.2) is 65.6 Å². The molecule has 0 aliphatic carbocycles. The lowest BCUT2D eigenvalue weighted by Gasteiger charge is -2.22. The maximum atomic E-state index is 13.4. The molecule has 1 atom stereocenters. The number of rotatable bonds is 7. The van der Waals surface area contributed by atoms with Crippen molar-refractivity contribution in [2.75, 3.05) is 38.1 Å². The molecule has 0 unspecified atom stereocenters. The van der Waals surface area contributed by atoms with Crippen LogP contribution in [0.4, 0.5) is 15.8 Å². The fourth-order valence-electron chi connectivity index (χ4n) is 3.90. The smallest absolute Gasteiger partial charge is 0.244 e. The minimum absolute atomic E-state index is 0.155. The molecule has 0 aromatic heterocycles. The van der Waals surface area contributed by atoms with E-state index in [1.54, 1.807) is 14.2 Å². The molecule has 0 bridgehead atoms. The minimum Gasteiger partial charge on any atom is -0.493 e.